The van der Waals surface area contributed by atoms with Crippen LogP contribution in [0.25, 0.3) is 0 Å². The maximum Gasteiger partial charge on any atom is 0.338 e. The van der Waals surface area contributed by atoms with E-state index < -0.39 is 18.7 Å². The maximum absolute atomic E-state index is 13.2. The summed E-state index contributed by atoms with van der Waals surface area (Å²) in [6, 6.07) is 4.13. The summed E-state index contributed by atoms with van der Waals surface area (Å²) >= 11 is 0. The topological polar surface area (TPSA) is 66.8 Å². The van der Waals surface area contributed by atoms with Crippen LogP contribution in [0.1, 0.15) is 162 Å². The van der Waals surface area contributed by atoms with Crippen molar-refractivity contribution in [3.63, 3.8) is 0 Å². The van der Waals surface area contributed by atoms with E-state index in [2.05, 4.69) is 50.1 Å². The van der Waals surface area contributed by atoms with Crippen molar-refractivity contribution < 1.29 is 19.7 Å². The van der Waals surface area contributed by atoms with Crippen molar-refractivity contribution >= 4 is 5.97 Å². The summed E-state index contributed by atoms with van der Waals surface area (Å²) in [6.07, 6.45) is 45.6. The lowest BCUT2D eigenvalue weighted by molar-refractivity contribution is 0.00931. The number of benzene rings is 1. The third-order valence-electron chi connectivity index (χ3n) is 9.29. The van der Waals surface area contributed by atoms with E-state index >= 15 is 0 Å². The Morgan fingerprint density at radius 3 is 1.32 bits per heavy atom. The summed E-state index contributed by atoms with van der Waals surface area (Å²) in [7, 11) is 0. The van der Waals surface area contributed by atoms with E-state index in [1.54, 1.807) is 0 Å². The first-order valence-electron chi connectivity index (χ1n) is 20.0. The van der Waals surface area contributed by atoms with Gasteiger partial charge in [0.1, 0.15) is 12.7 Å². The van der Waals surface area contributed by atoms with Gasteiger partial charge in [0.05, 0.1) is 12.2 Å². The average molecular weight is 689 g/mol. The van der Waals surface area contributed by atoms with Gasteiger partial charge < -0.3 is 14.9 Å². The predicted octanol–water partition coefficient (Wildman–Crippen LogP) is 12.2. The number of ether oxygens (including phenoxy) is 1. The van der Waals surface area contributed by atoms with Crippen molar-refractivity contribution in [3.05, 3.63) is 109 Å². The Morgan fingerprint density at radius 2 is 0.940 bits per heavy atom. The van der Waals surface area contributed by atoms with Gasteiger partial charge in [0.15, 0.2) is 0 Å². The Bertz CT molecular complexity index is 1060. The number of aliphatic hydroxyl groups is 2. The van der Waals surface area contributed by atoms with Crippen LogP contribution in [0.4, 0.5) is 0 Å². The zero-order valence-corrected chi connectivity index (χ0v) is 31.6. The molecule has 1 aromatic rings. The molecule has 0 saturated heterocycles. The molecule has 0 aliphatic rings. The molecule has 0 radical (unpaired) electrons. The van der Waals surface area contributed by atoms with Gasteiger partial charge in [-0.1, -0.05) is 151 Å². The van der Waals surface area contributed by atoms with Crippen LogP contribution in [0.3, 0.4) is 0 Å². The second-order valence-corrected chi connectivity index (χ2v) is 13.7. The molecule has 0 saturated carbocycles. The summed E-state index contributed by atoms with van der Waals surface area (Å²) < 4.78 is 5.43. The largest absolute Gasteiger partial charge is 0.459 e. The highest BCUT2D eigenvalue weighted by atomic mass is 16.5. The zero-order chi connectivity index (χ0) is 36.3. The fraction of sp³-hybridized carbons (Fsp3) is 0.587. The molecule has 0 amide bonds. The summed E-state index contributed by atoms with van der Waals surface area (Å²) in [5.74, 6) is -0.412. The molecule has 0 aromatic heterocycles. The van der Waals surface area contributed by atoms with Crippen LogP contribution in [-0.4, -0.2) is 35.5 Å². The molecule has 0 aliphatic heterocycles. The summed E-state index contributed by atoms with van der Waals surface area (Å²) in [5.41, 5.74) is 4.63. The first-order chi connectivity index (χ1) is 24.6. The number of hydrogen-bond donors (Lipinski definition) is 2. The average Bonchev–Trinajstić information content (AvgIpc) is 3.13. The Morgan fingerprint density at radius 1 is 0.580 bits per heavy atom. The van der Waals surface area contributed by atoms with Crippen LogP contribution in [0, 0.1) is 0 Å². The lowest BCUT2D eigenvalue weighted by Crippen LogP contribution is -2.22. The molecule has 0 spiro atoms. The smallest absolute Gasteiger partial charge is 0.338 e. The van der Waals surface area contributed by atoms with Gasteiger partial charge in [-0.15, -0.1) is 0 Å². The number of carbonyl (C=O) groups is 1. The second kappa shape index (κ2) is 33.2. The van der Waals surface area contributed by atoms with Crippen molar-refractivity contribution in [1.29, 1.82) is 0 Å². The SMILES string of the molecule is C=C/C=C/CCCCCCCCc1cc(C(=O)OCC(O)CO)cc(CCCCCCCC/C=C/C=C)c1CCCCCCCC/C=C/C=C. The molecule has 1 rings (SSSR count). The minimum Gasteiger partial charge on any atom is -0.459 e. The van der Waals surface area contributed by atoms with Gasteiger partial charge in [-0.3, -0.25) is 0 Å². The third kappa shape index (κ3) is 24.2. The second-order valence-electron chi connectivity index (χ2n) is 13.7. The molecular formula is C46H72O4. The van der Waals surface area contributed by atoms with Gasteiger partial charge in [0, 0.05) is 0 Å². The van der Waals surface area contributed by atoms with Crippen LogP contribution in [0.15, 0.2) is 86.6 Å². The van der Waals surface area contributed by atoms with E-state index in [0.29, 0.717) is 5.56 Å². The van der Waals surface area contributed by atoms with Crippen LogP contribution < -0.4 is 0 Å². The van der Waals surface area contributed by atoms with Crippen molar-refractivity contribution in [2.45, 2.75) is 160 Å². The highest BCUT2D eigenvalue weighted by Gasteiger charge is 2.17. The molecule has 1 unspecified atom stereocenters. The molecule has 0 heterocycles. The number of aryl methyl sites for hydroxylation is 2. The number of esters is 1. The minimum absolute atomic E-state index is 0.195. The van der Waals surface area contributed by atoms with Gasteiger partial charge in [-0.2, -0.15) is 0 Å². The van der Waals surface area contributed by atoms with E-state index in [-0.39, 0.29) is 6.61 Å². The number of allylic oxidation sites excluding steroid dienone is 9. The van der Waals surface area contributed by atoms with Crippen LogP contribution in [-0.2, 0) is 24.0 Å². The molecule has 50 heavy (non-hydrogen) atoms. The number of hydrogen-bond acceptors (Lipinski definition) is 4. The number of rotatable bonds is 34. The van der Waals surface area contributed by atoms with E-state index in [0.717, 1.165) is 51.4 Å². The molecule has 1 atom stereocenters. The Kier molecular flexibility index (Phi) is 29.9. The standard InChI is InChI=1S/C46H72O4/c1-4-7-10-13-16-19-22-25-28-31-34-41-37-43(46(49)50-40-44(48)39-47)38-42(35-32-29-26-23-20-17-14-11-8-5-2)45(41)36-33-30-27-24-21-18-15-12-9-6-3/h4-12,37-38,44,47-48H,1-3,13-36,39-40H2/b10-7+,11-8+,12-9+. The third-order valence-corrected chi connectivity index (χ3v) is 9.29. The maximum atomic E-state index is 13.2. The number of carbonyl (C=O) groups excluding carboxylic acids is 1. The van der Waals surface area contributed by atoms with Crippen LogP contribution in [0.5, 0.6) is 0 Å². The Hall–Kier alpha value is -2.95. The lowest BCUT2D eigenvalue weighted by atomic mass is 9.88. The van der Waals surface area contributed by atoms with Gasteiger partial charge in [0.2, 0.25) is 0 Å². The molecule has 0 bridgehead atoms. The van der Waals surface area contributed by atoms with Gasteiger partial charge in [0.25, 0.3) is 0 Å². The zero-order valence-electron chi connectivity index (χ0n) is 31.6. The van der Waals surface area contributed by atoms with Crippen molar-refractivity contribution in [1.82, 2.24) is 0 Å². The fourth-order valence-electron chi connectivity index (χ4n) is 6.41. The molecule has 4 nitrogen and oxygen atoms in total. The first-order valence-corrected chi connectivity index (χ1v) is 20.0. The first kappa shape index (κ1) is 45.1. The quantitative estimate of drug-likeness (QED) is 0.0430. The fourth-order valence-corrected chi connectivity index (χ4v) is 6.41. The highest BCUT2D eigenvalue weighted by Crippen LogP contribution is 2.26. The number of unbranched alkanes of at least 4 members (excludes halogenated alkanes) is 18. The number of aliphatic hydroxyl groups excluding tert-OH is 2. The van der Waals surface area contributed by atoms with E-state index in [1.165, 1.54) is 119 Å². The Balaban J connectivity index is 2.93. The van der Waals surface area contributed by atoms with Gasteiger partial charge in [-0.05, 0) is 106 Å². The summed E-state index contributed by atoms with van der Waals surface area (Å²) in [4.78, 5) is 13.2. The van der Waals surface area contributed by atoms with Gasteiger partial charge >= 0.3 is 5.97 Å². The Labute approximate surface area is 307 Å². The van der Waals surface area contributed by atoms with Crippen LogP contribution >= 0.6 is 0 Å². The normalized spacial score (nSPS) is 12.3. The molecule has 2 N–H and O–H groups in total. The van der Waals surface area contributed by atoms with Crippen LogP contribution in [0.2, 0.25) is 0 Å². The van der Waals surface area contributed by atoms with Crippen molar-refractivity contribution in [2.75, 3.05) is 13.2 Å². The summed E-state index contributed by atoms with van der Waals surface area (Å²) in [6.45, 7) is 10.6. The van der Waals surface area contributed by atoms with Gasteiger partial charge in [-0.25, -0.2) is 4.79 Å². The van der Waals surface area contributed by atoms with E-state index in [1.807, 2.05) is 36.5 Å². The molecule has 4 heteroatoms. The van der Waals surface area contributed by atoms with E-state index in [4.69, 9.17) is 4.74 Å². The minimum atomic E-state index is -1.06. The lowest BCUT2D eigenvalue weighted by Gasteiger charge is -2.18. The monoisotopic (exact) mass is 689 g/mol. The van der Waals surface area contributed by atoms with Crippen molar-refractivity contribution in [3.8, 4) is 0 Å². The predicted molar refractivity (Wildman–Crippen MR) is 216 cm³/mol. The highest BCUT2D eigenvalue weighted by molar-refractivity contribution is 5.90. The van der Waals surface area contributed by atoms with Crippen molar-refractivity contribution in [2.24, 2.45) is 0 Å². The summed E-state index contributed by atoms with van der Waals surface area (Å²) in [5, 5.41) is 19.0. The molecule has 280 valence electrons. The molecular weight excluding hydrogens is 617 g/mol. The molecule has 0 fully saturated rings. The molecule has 1 aromatic carbocycles. The molecule has 0 aliphatic carbocycles. The van der Waals surface area contributed by atoms with E-state index in [9.17, 15) is 15.0 Å².